The molecule has 13 heteroatoms. The Hall–Kier alpha value is -4.17. The van der Waals surface area contributed by atoms with Gasteiger partial charge in [0, 0.05) is 6.07 Å². The van der Waals surface area contributed by atoms with Crippen molar-refractivity contribution >= 4 is 22.9 Å². The van der Waals surface area contributed by atoms with Crippen LogP contribution in [0.15, 0.2) is 51.9 Å². The molecule has 1 fully saturated rings. The molecular formula is C25H22O13-2. The predicted octanol–water partition coefficient (Wildman–Crippen LogP) is -1.59. The average Bonchev–Trinajstić information content (AvgIpc) is 2.88. The Kier molecular flexibility index (Phi) is 7.83. The number of methoxy groups -OCH3 is 1. The standard InChI is InChI=1S/C25H24O13/c1-34-12-4-2-11(3-5-12)14-9-35-16-7-13(6-15(26)20(16)21(14)30)37-25-24(33)23(32)22(31)17(38-25)10-36-19(29)8-18(27)28/h2-7,9,17,22-26,31-33H,8,10H2,1H3,(H,27,28)/p-2/t17-,22-,23+,24-,25-/m1/s1. The van der Waals surface area contributed by atoms with Crippen molar-refractivity contribution < 1.29 is 58.5 Å². The lowest BCUT2D eigenvalue weighted by Gasteiger charge is -2.40. The summed E-state index contributed by atoms with van der Waals surface area (Å²) in [6, 6.07) is 8.72. The van der Waals surface area contributed by atoms with Crippen LogP contribution in [0.3, 0.4) is 0 Å². The van der Waals surface area contributed by atoms with Crippen molar-refractivity contribution in [1.82, 2.24) is 0 Å². The number of carbonyl (C=O) groups is 2. The van der Waals surface area contributed by atoms with E-state index in [1.54, 1.807) is 24.3 Å². The van der Waals surface area contributed by atoms with E-state index in [-0.39, 0.29) is 22.3 Å². The molecule has 4 rings (SSSR count). The van der Waals surface area contributed by atoms with Crippen LogP contribution in [0.2, 0.25) is 0 Å². The number of aliphatic hydroxyl groups excluding tert-OH is 3. The number of carboxylic acid groups (broad SMARTS) is 1. The Bertz CT molecular complexity index is 1380. The maximum Gasteiger partial charge on any atom is 0.311 e. The average molecular weight is 530 g/mol. The molecule has 1 saturated heterocycles. The lowest BCUT2D eigenvalue weighted by Crippen LogP contribution is -2.60. The molecule has 2 aromatic carbocycles. The number of hydrogen-bond donors (Lipinski definition) is 3. The number of carbonyl (C=O) groups excluding carboxylic acids is 2. The van der Waals surface area contributed by atoms with Crippen LogP contribution in [0, 0.1) is 0 Å². The molecule has 1 aliphatic heterocycles. The Balaban J connectivity index is 1.55. The van der Waals surface area contributed by atoms with E-state index in [1.807, 2.05) is 0 Å². The Morgan fingerprint density at radius 1 is 1.03 bits per heavy atom. The van der Waals surface area contributed by atoms with Crippen LogP contribution in [0.1, 0.15) is 6.42 Å². The zero-order valence-corrected chi connectivity index (χ0v) is 19.8. The predicted molar refractivity (Wildman–Crippen MR) is 122 cm³/mol. The van der Waals surface area contributed by atoms with Crippen LogP contribution in [-0.2, 0) is 19.1 Å². The first kappa shape index (κ1) is 26.9. The summed E-state index contributed by atoms with van der Waals surface area (Å²) in [5.41, 5.74) is -0.0590. The highest BCUT2D eigenvalue weighted by Gasteiger charge is 2.45. The molecule has 3 N–H and O–H groups in total. The largest absolute Gasteiger partial charge is 0.872 e. The number of fused-ring (bicyclic) bond motifs is 1. The second kappa shape index (κ2) is 11.1. The van der Waals surface area contributed by atoms with Gasteiger partial charge in [0.1, 0.15) is 54.4 Å². The molecule has 0 saturated carbocycles. The van der Waals surface area contributed by atoms with E-state index < -0.39 is 66.9 Å². The number of aliphatic hydroxyl groups is 3. The summed E-state index contributed by atoms with van der Waals surface area (Å²) in [7, 11) is 1.50. The number of hydrogen-bond acceptors (Lipinski definition) is 13. The van der Waals surface area contributed by atoms with Crippen molar-refractivity contribution in [2.24, 2.45) is 0 Å². The van der Waals surface area contributed by atoms with Crippen molar-refractivity contribution in [2.75, 3.05) is 13.7 Å². The molecule has 5 atom stereocenters. The van der Waals surface area contributed by atoms with Gasteiger partial charge in [0.2, 0.25) is 6.29 Å². The minimum absolute atomic E-state index is 0.117. The van der Waals surface area contributed by atoms with Crippen LogP contribution >= 0.6 is 0 Å². The normalized spacial score (nSPS) is 23.1. The maximum absolute atomic E-state index is 13.0. The molecule has 2 heterocycles. The first-order chi connectivity index (χ1) is 18.1. The Morgan fingerprint density at radius 2 is 1.74 bits per heavy atom. The smallest absolute Gasteiger partial charge is 0.311 e. The molecule has 13 nitrogen and oxygen atoms in total. The van der Waals surface area contributed by atoms with Gasteiger partial charge in [0.05, 0.1) is 30.4 Å². The summed E-state index contributed by atoms with van der Waals surface area (Å²) in [6.07, 6.45) is -8.25. The van der Waals surface area contributed by atoms with Gasteiger partial charge in [0.25, 0.3) is 0 Å². The van der Waals surface area contributed by atoms with Crippen molar-refractivity contribution in [3.05, 3.63) is 52.9 Å². The van der Waals surface area contributed by atoms with Crippen LogP contribution in [0.25, 0.3) is 22.1 Å². The van der Waals surface area contributed by atoms with Crippen molar-refractivity contribution in [2.45, 2.75) is 37.1 Å². The first-order valence-electron chi connectivity index (χ1n) is 11.2. The Morgan fingerprint density at radius 3 is 2.39 bits per heavy atom. The molecule has 0 bridgehead atoms. The summed E-state index contributed by atoms with van der Waals surface area (Å²) >= 11 is 0. The third-order valence-electron chi connectivity index (χ3n) is 5.83. The quantitative estimate of drug-likeness (QED) is 0.222. The van der Waals surface area contributed by atoms with Gasteiger partial charge in [-0.3, -0.25) is 9.59 Å². The molecule has 0 aliphatic carbocycles. The van der Waals surface area contributed by atoms with E-state index in [0.717, 1.165) is 6.07 Å². The van der Waals surface area contributed by atoms with E-state index in [9.17, 15) is 39.9 Å². The molecule has 1 aromatic heterocycles. The van der Waals surface area contributed by atoms with Crippen molar-refractivity contribution in [3.63, 3.8) is 0 Å². The summed E-state index contributed by atoms with van der Waals surface area (Å²) in [6.45, 7) is -0.676. The molecule has 0 amide bonds. The fraction of sp³-hybridized carbons (Fsp3) is 0.320. The second-order valence-electron chi connectivity index (χ2n) is 8.37. The van der Waals surface area contributed by atoms with Crippen LogP contribution in [0.5, 0.6) is 17.2 Å². The van der Waals surface area contributed by atoms with Gasteiger partial charge in [0.15, 0.2) is 5.43 Å². The number of ether oxygens (including phenoxy) is 4. The third-order valence-corrected chi connectivity index (χ3v) is 5.83. The lowest BCUT2D eigenvalue weighted by atomic mass is 9.99. The SMILES string of the molecule is COc1ccc(-c2coc3cc(O[C@@H]4O[C@H](COC(=O)CC(=O)[O-])[C@@H](O)[C@H](O)[C@H]4O)cc([O-])c3c2=O)cc1. The van der Waals surface area contributed by atoms with E-state index in [1.165, 1.54) is 19.4 Å². The third kappa shape index (κ3) is 5.55. The molecule has 202 valence electrons. The number of benzene rings is 2. The van der Waals surface area contributed by atoms with E-state index in [4.69, 9.17) is 23.4 Å². The summed E-state index contributed by atoms with van der Waals surface area (Å²) < 4.78 is 26.2. The van der Waals surface area contributed by atoms with E-state index in [2.05, 4.69) is 0 Å². The van der Waals surface area contributed by atoms with E-state index >= 15 is 0 Å². The van der Waals surface area contributed by atoms with Crippen LogP contribution < -0.4 is 25.1 Å². The number of aliphatic carboxylic acids is 1. The highest BCUT2D eigenvalue weighted by molar-refractivity contribution is 5.89. The summed E-state index contributed by atoms with van der Waals surface area (Å²) in [5.74, 6) is -3.21. The van der Waals surface area contributed by atoms with Gasteiger partial charge in [-0.25, -0.2) is 0 Å². The van der Waals surface area contributed by atoms with Gasteiger partial charge in [-0.15, -0.1) is 0 Å². The molecule has 38 heavy (non-hydrogen) atoms. The lowest BCUT2D eigenvalue weighted by molar-refractivity contribution is -0.305. The molecular weight excluding hydrogens is 508 g/mol. The van der Waals surface area contributed by atoms with Crippen LogP contribution in [0.4, 0.5) is 0 Å². The van der Waals surface area contributed by atoms with Gasteiger partial charge in [-0.2, -0.15) is 0 Å². The number of esters is 1. The fourth-order valence-corrected chi connectivity index (χ4v) is 3.86. The molecule has 0 spiro atoms. The minimum Gasteiger partial charge on any atom is -0.872 e. The van der Waals surface area contributed by atoms with Gasteiger partial charge < -0.3 is 53.7 Å². The highest BCUT2D eigenvalue weighted by Crippen LogP contribution is 2.32. The molecule has 0 unspecified atom stereocenters. The minimum atomic E-state index is -1.81. The van der Waals surface area contributed by atoms with Gasteiger partial charge in [-0.1, -0.05) is 17.9 Å². The monoisotopic (exact) mass is 530 g/mol. The number of rotatable bonds is 8. The van der Waals surface area contributed by atoms with Crippen LogP contribution in [-0.4, -0.2) is 71.7 Å². The maximum atomic E-state index is 13.0. The summed E-state index contributed by atoms with van der Waals surface area (Å²) in [4.78, 5) is 35.0. The first-order valence-corrected chi connectivity index (χ1v) is 11.2. The van der Waals surface area contributed by atoms with Gasteiger partial charge >= 0.3 is 5.97 Å². The van der Waals surface area contributed by atoms with Crippen molar-refractivity contribution in [3.8, 4) is 28.4 Å². The van der Waals surface area contributed by atoms with Gasteiger partial charge in [-0.05, 0) is 23.8 Å². The summed E-state index contributed by atoms with van der Waals surface area (Å²) in [5, 5.41) is 53.7. The molecule has 3 aromatic rings. The fourth-order valence-electron chi connectivity index (χ4n) is 3.86. The van der Waals surface area contributed by atoms with Crippen molar-refractivity contribution in [1.29, 1.82) is 0 Å². The zero-order valence-electron chi connectivity index (χ0n) is 19.8. The second-order valence-corrected chi connectivity index (χ2v) is 8.37. The molecule has 1 aliphatic rings. The number of carboxylic acids is 1. The van der Waals surface area contributed by atoms with E-state index in [0.29, 0.717) is 11.3 Å². The highest BCUT2D eigenvalue weighted by atomic mass is 16.7. The topological polar surface area (TPSA) is 208 Å². The Labute approximate surface area is 214 Å². The molecule has 0 radical (unpaired) electrons. The zero-order chi connectivity index (χ0) is 27.6.